The fourth-order valence-corrected chi connectivity index (χ4v) is 12.3. The number of hydrogen-bond donors (Lipinski definition) is 0. The molecule has 1 aromatic heterocycles. The zero-order valence-corrected chi connectivity index (χ0v) is 34.9. The van der Waals surface area contributed by atoms with Crippen molar-refractivity contribution in [3.63, 3.8) is 0 Å². The molecular formula is C49H59BN2S. The Kier molecular flexibility index (Phi) is 6.64. The lowest BCUT2D eigenvalue weighted by atomic mass is 9.35. The molecule has 3 atom stereocenters. The van der Waals surface area contributed by atoms with Crippen molar-refractivity contribution in [2.75, 3.05) is 9.80 Å². The maximum absolute atomic E-state index is 8.96. The van der Waals surface area contributed by atoms with E-state index in [0.717, 1.165) is 17.1 Å². The zero-order valence-electron chi connectivity index (χ0n) is 37.1. The van der Waals surface area contributed by atoms with Crippen LogP contribution in [0.3, 0.4) is 0 Å². The number of aryl methyl sites for hydroxylation is 1. The van der Waals surface area contributed by atoms with E-state index in [4.69, 9.17) is 4.11 Å². The lowest BCUT2D eigenvalue weighted by Crippen LogP contribution is -2.64. The van der Waals surface area contributed by atoms with Crippen LogP contribution in [-0.2, 0) is 16.2 Å². The van der Waals surface area contributed by atoms with Crippen LogP contribution in [0.1, 0.15) is 129 Å². The largest absolute Gasteiger partial charge is 0.338 e. The molecule has 274 valence electrons. The van der Waals surface area contributed by atoms with Gasteiger partial charge in [-0.2, -0.15) is 0 Å². The molecular weight excluding hydrogens is 659 g/mol. The second-order valence-corrected chi connectivity index (χ2v) is 22.1. The summed E-state index contributed by atoms with van der Waals surface area (Å²) in [7, 11) is 0. The van der Waals surface area contributed by atoms with Gasteiger partial charge >= 0.3 is 0 Å². The molecule has 4 heteroatoms. The summed E-state index contributed by atoms with van der Waals surface area (Å²) in [6, 6.07) is 27.7. The van der Waals surface area contributed by atoms with Crippen molar-refractivity contribution < 1.29 is 4.11 Å². The molecule has 5 aromatic rings. The molecule has 0 radical (unpaired) electrons. The molecule has 0 spiro atoms. The molecule has 2 aliphatic carbocycles. The number of fused-ring (bicyclic) bond motifs is 8. The van der Waals surface area contributed by atoms with Crippen LogP contribution in [0.4, 0.5) is 28.4 Å². The van der Waals surface area contributed by atoms with Crippen molar-refractivity contribution in [3.8, 4) is 0 Å². The minimum absolute atomic E-state index is 0.00622. The first-order chi connectivity index (χ1) is 25.9. The van der Waals surface area contributed by atoms with Gasteiger partial charge in [0, 0.05) is 47.8 Å². The molecule has 3 heterocycles. The zero-order chi connectivity index (χ0) is 40.3. The predicted octanol–water partition coefficient (Wildman–Crippen LogP) is 12.1. The molecule has 53 heavy (non-hydrogen) atoms. The molecule has 0 saturated heterocycles. The number of anilines is 5. The summed E-state index contributed by atoms with van der Waals surface area (Å²) in [5, 5.41) is 1.24. The number of thiophene rings is 1. The van der Waals surface area contributed by atoms with Crippen molar-refractivity contribution in [2.24, 2.45) is 16.7 Å². The third-order valence-electron chi connectivity index (χ3n) is 13.9. The van der Waals surface area contributed by atoms with Crippen molar-refractivity contribution in [1.82, 2.24) is 0 Å². The van der Waals surface area contributed by atoms with Gasteiger partial charge in [0.15, 0.2) is 0 Å². The lowest BCUT2D eigenvalue weighted by Gasteiger charge is -2.53. The maximum Gasteiger partial charge on any atom is 0.264 e. The second kappa shape index (κ2) is 11.1. The Morgan fingerprint density at radius 3 is 1.98 bits per heavy atom. The van der Waals surface area contributed by atoms with Crippen LogP contribution < -0.4 is 25.5 Å². The molecule has 4 aliphatic rings. The Balaban J connectivity index is 1.43. The van der Waals surface area contributed by atoms with Gasteiger partial charge in [0.1, 0.15) is 0 Å². The first kappa shape index (κ1) is 31.8. The van der Waals surface area contributed by atoms with Gasteiger partial charge in [-0.25, -0.2) is 0 Å². The Morgan fingerprint density at radius 1 is 0.736 bits per heavy atom. The minimum atomic E-state index is -2.28. The highest BCUT2D eigenvalue weighted by molar-refractivity contribution is 7.33. The lowest BCUT2D eigenvalue weighted by molar-refractivity contribution is 0.140. The van der Waals surface area contributed by atoms with E-state index in [-0.39, 0.29) is 39.8 Å². The fraction of sp³-hybridized carbons (Fsp3) is 0.469. The predicted molar refractivity (Wildman–Crippen MR) is 234 cm³/mol. The molecule has 2 saturated carbocycles. The Morgan fingerprint density at radius 2 is 1.36 bits per heavy atom. The van der Waals surface area contributed by atoms with Gasteiger partial charge in [-0.05, 0) is 135 Å². The second-order valence-electron chi connectivity index (χ2n) is 21.0. The summed E-state index contributed by atoms with van der Waals surface area (Å²) < 4.78 is 29.5. The fourth-order valence-electron chi connectivity index (χ4n) is 11.0. The van der Waals surface area contributed by atoms with Crippen LogP contribution in [0.15, 0.2) is 72.8 Å². The Hall–Kier alpha value is -3.50. The molecule has 2 aliphatic heterocycles. The number of rotatable bonds is 2. The summed E-state index contributed by atoms with van der Waals surface area (Å²) in [6.07, 6.45) is 3.68. The van der Waals surface area contributed by atoms with E-state index >= 15 is 0 Å². The van der Waals surface area contributed by atoms with E-state index in [1.807, 2.05) is 17.4 Å². The average Bonchev–Trinajstić information content (AvgIpc) is 3.73. The van der Waals surface area contributed by atoms with Gasteiger partial charge in [0.25, 0.3) is 6.71 Å². The minimum Gasteiger partial charge on any atom is -0.338 e. The molecule has 2 fully saturated rings. The molecule has 0 amide bonds. The normalized spacial score (nSPS) is 24.2. The topological polar surface area (TPSA) is 6.48 Å². The van der Waals surface area contributed by atoms with Gasteiger partial charge in [0.05, 0.1) is 5.69 Å². The van der Waals surface area contributed by atoms with Crippen molar-refractivity contribution in [1.29, 1.82) is 0 Å². The van der Waals surface area contributed by atoms with E-state index in [2.05, 4.69) is 160 Å². The average molecular weight is 722 g/mol. The first-order valence-corrected chi connectivity index (χ1v) is 20.8. The first-order valence-electron chi connectivity index (χ1n) is 21.5. The molecule has 9 rings (SSSR count). The van der Waals surface area contributed by atoms with E-state index in [1.165, 1.54) is 73.1 Å². The quantitative estimate of drug-likeness (QED) is 0.164. The van der Waals surface area contributed by atoms with Gasteiger partial charge in [-0.3, -0.25) is 0 Å². The summed E-state index contributed by atoms with van der Waals surface area (Å²) in [5.74, 6) is 0.637. The monoisotopic (exact) mass is 721 g/mol. The standard InChI is InChI=1S/C49H59BN2S/c1-29-24-38-41-39(25-29)52(44-48(11,12)33-22-23-49(44,13)28-33)37-20-16-32(47(8,9)10)27-36(37)50(41)43-42(35-26-31(46(5,6)7)17-21-40(35)53-43)51(38)34-18-14-30(15-19-34)45(2,3)4/h14-21,24-27,33,44H,22-23,28H2,1-13H3/i1D3. The van der Waals surface area contributed by atoms with Crippen LogP contribution in [0.5, 0.6) is 0 Å². The van der Waals surface area contributed by atoms with E-state index in [9.17, 15) is 0 Å². The third kappa shape index (κ3) is 5.09. The van der Waals surface area contributed by atoms with E-state index in [0.29, 0.717) is 11.5 Å². The number of nitrogens with zero attached hydrogens (tertiary/aromatic N) is 2. The molecule has 2 bridgehead atoms. The molecule has 3 unspecified atom stereocenters. The molecule has 2 nitrogen and oxygen atoms in total. The van der Waals surface area contributed by atoms with Gasteiger partial charge in [-0.1, -0.05) is 113 Å². The SMILES string of the molecule is [2H]C([2H])([2H])c1cc2c3c(c1)N(C1C4(C)CCC(C4)C1(C)C)c1ccc(C(C)(C)C)cc1B3c1sc3ccc(C(C)(C)C)cc3c1N2c1ccc(C(C)(C)C)cc1. The van der Waals surface area contributed by atoms with Crippen LogP contribution in [0.2, 0.25) is 0 Å². The van der Waals surface area contributed by atoms with E-state index < -0.39 is 6.85 Å². The van der Waals surface area contributed by atoms with Crippen molar-refractivity contribution in [2.45, 2.75) is 131 Å². The third-order valence-corrected chi connectivity index (χ3v) is 15.1. The van der Waals surface area contributed by atoms with Crippen LogP contribution >= 0.6 is 11.3 Å². The number of benzene rings is 4. The Labute approximate surface area is 328 Å². The Bertz CT molecular complexity index is 2420. The summed E-state index contributed by atoms with van der Waals surface area (Å²) in [4.78, 5) is 5.12. The van der Waals surface area contributed by atoms with Crippen LogP contribution in [0, 0.1) is 23.6 Å². The van der Waals surface area contributed by atoms with Gasteiger partial charge in [-0.15, -0.1) is 11.3 Å². The number of hydrogen-bond acceptors (Lipinski definition) is 3. The maximum atomic E-state index is 8.96. The summed E-state index contributed by atoms with van der Waals surface area (Å²) in [6.45, 7) is 25.8. The highest BCUT2D eigenvalue weighted by Gasteiger charge is 2.63. The molecule has 4 aromatic carbocycles. The van der Waals surface area contributed by atoms with Crippen molar-refractivity contribution >= 4 is 72.3 Å². The van der Waals surface area contributed by atoms with Crippen molar-refractivity contribution in [3.05, 3.63) is 95.1 Å². The van der Waals surface area contributed by atoms with Gasteiger partial charge in [0.2, 0.25) is 0 Å². The van der Waals surface area contributed by atoms with E-state index in [1.54, 1.807) is 0 Å². The molecule has 0 N–H and O–H groups in total. The summed E-state index contributed by atoms with van der Waals surface area (Å²) >= 11 is 1.92. The van der Waals surface area contributed by atoms with Crippen LogP contribution in [0.25, 0.3) is 10.1 Å². The smallest absolute Gasteiger partial charge is 0.264 e. The van der Waals surface area contributed by atoms with Crippen LogP contribution in [-0.4, -0.2) is 12.8 Å². The highest BCUT2D eigenvalue weighted by Crippen LogP contribution is 2.66. The van der Waals surface area contributed by atoms with Gasteiger partial charge < -0.3 is 9.80 Å². The summed E-state index contributed by atoms with van der Waals surface area (Å²) in [5.41, 5.74) is 12.6. The highest BCUT2D eigenvalue weighted by atomic mass is 32.1.